The number of aromatic nitrogens is 1. The zero-order valence-corrected chi connectivity index (χ0v) is 9.03. The van der Waals surface area contributed by atoms with Crippen molar-refractivity contribution in [1.82, 2.24) is 9.88 Å². The van der Waals surface area contributed by atoms with Gasteiger partial charge in [0.25, 0.3) is 0 Å². The molecular formula is C12H18N2. The average molecular weight is 190 g/mol. The van der Waals surface area contributed by atoms with Crippen LogP contribution in [0.1, 0.15) is 37.8 Å². The largest absolute Gasteiger partial charge is 0.292 e. The summed E-state index contributed by atoms with van der Waals surface area (Å²) in [6, 6.07) is 2.85. The van der Waals surface area contributed by atoms with Crippen molar-refractivity contribution in [3.63, 3.8) is 0 Å². The van der Waals surface area contributed by atoms with Crippen LogP contribution in [0.2, 0.25) is 0 Å². The van der Waals surface area contributed by atoms with Gasteiger partial charge >= 0.3 is 0 Å². The SMILES string of the molecule is CCCC(C)N1Cc2ccncc2C1. The smallest absolute Gasteiger partial charge is 0.0316 e. The number of rotatable bonds is 3. The number of fused-ring (bicyclic) bond motifs is 1. The Morgan fingerprint density at radius 2 is 2.21 bits per heavy atom. The summed E-state index contributed by atoms with van der Waals surface area (Å²) < 4.78 is 0. The summed E-state index contributed by atoms with van der Waals surface area (Å²) in [6.45, 7) is 6.77. The Morgan fingerprint density at radius 1 is 1.43 bits per heavy atom. The molecule has 2 nitrogen and oxygen atoms in total. The minimum atomic E-state index is 0.701. The monoisotopic (exact) mass is 190 g/mol. The second kappa shape index (κ2) is 4.09. The Kier molecular flexibility index (Phi) is 2.82. The van der Waals surface area contributed by atoms with Crippen molar-refractivity contribution in [2.24, 2.45) is 0 Å². The van der Waals surface area contributed by atoms with E-state index in [9.17, 15) is 0 Å². The number of pyridine rings is 1. The van der Waals surface area contributed by atoms with E-state index in [1.807, 2.05) is 12.4 Å². The highest BCUT2D eigenvalue weighted by atomic mass is 15.2. The van der Waals surface area contributed by atoms with Gasteiger partial charge in [-0.3, -0.25) is 9.88 Å². The molecule has 0 saturated carbocycles. The molecule has 0 aliphatic carbocycles. The van der Waals surface area contributed by atoms with E-state index in [4.69, 9.17) is 0 Å². The molecule has 2 heterocycles. The van der Waals surface area contributed by atoms with Crippen LogP contribution in [-0.4, -0.2) is 15.9 Å². The molecule has 1 aliphatic rings. The van der Waals surface area contributed by atoms with Gasteiger partial charge in [-0.15, -0.1) is 0 Å². The highest BCUT2D eigenvalue weighted by Gasteiger charge is 2.22. The Balaban J connectivity index is 2.04. The van der Waals surface area contributed by atoms with E-state index in [-0.39, 0.29) is 0 Å². The van der Waals surface area contributed by atoms with E-state index in [0.29, 0.717) is 6.04 Å². The van der Waals surface area contributed by atoms with Crippen molar-refractivity contribution in [3.8, 4) is 0 Å². The first-order valence-corrected chi connectivity index (χ1v) is 5.47. The fourth-order valence-corrected chi connectivity index (χ4v) is 2.16. The summed E-state index contributed by atoms with van der Waals surface area (Å²) >= 11 is 0. The number of hydrogen-bond acceptors (Lipinski definition) is 2. The van der Waals surface area contributed by atoms with Crippen LogP contribution < -0.4 is 0 Å². The van der Waals surface area contributed by atoms with Crippen molar-refractivity contribution in [3.05, 3.63) is 29.6 Å². The van der Waals surface area contributed by atoms with Crippen LogP contribution in [0.3, 0.4) is 0 Å². The predicted octanol–water partition coefficient (Wildman–Crippen LogP) is 2.59. The summed E-state index contributed by atoms with van der Waals surface area (Å²) in [6.07, 6.45) is 6.47. The van der Waals surface area contributed by atoms with Crippen LogP contribution in [0, 0.1) is 0 Å². The van der Waals surface area contributed by atoms with Crippen LogP contribution in [-0.2, 0) is 13.1 Å². The molecule has 0 N–H and O–H groups in total. The molecule has 1 aliphatic heterocycles. The zero-order chi connectivity index (χ0) is 9.97. The maximum absolute atomic E-state index is 4.17. The van der Waals surface area contributed by atoms with Crippen molar-refractivity contribution in [2.45, 2.75) is 45.8 Å². The fraction of sp³-hybridized carbons (Fsp3) is 0.583. The van der Waals surface area contributed by atoms with Gasteiger partial charge in [-0.25, -0.2) is 0 Å². The molecule has 2 heteroatoms. The van der Waals surface area contributed by atoms with Gasteiger partial charge in [0.15, 0.2) is 0 Å². The van der Waals surface area contributed by atoms with Crippen molar-refractivity contribution in [2.75, 3.05) is 0 Å². The molecular weight excluding hydrogens is 172 g/mol. The summed E-state index contributed by atoms with van der Waals surface area (Å²) in [5, 5.41) is 0. The normalized spacial score (nSPS) is 18.1. The van der Waals surface area contributed by atoms with Crippen LogP contribution in [0.15, 0.2) is 18.5 Å². The summed E-state index contributed by atoms with van der Waals surface area (Å²) in [7, 11) is 0. The third-order valence-electron chi connectivity index (χ3n) is 3.08. The van der Waals surface area contributed by atoms with Crippen LogP contribution in [0.25, 0.3) is 0 Å². The molecule has 0 radical (unpaired) electrons. The van der Waals surface area contributed by atoms with Gasteiger partial charge in [0.05, 0.1) is 0 Å². The Bertz CT molecular complexity index is 284. The van der Waals surface area contributed by atoms with Gasteiger partial charge in [-0.2, -0.15) is 0 Å². The zero-order valence-electron chi connectivity index (χ0n) is 9.03. The van der Waals surface area contributed by atoms with Gasteiger partial charge in [0, 0.05) is 31.5 Å². The molecule has 1 unspecified atom stereocenters. The third kappa shape index (κ3) is 1.80. The lowest BCUT2D eigenvalue weighted by Gasteiger charge is -2.22. The molecule has 0 spiro atoms. The molecule has 0 fully saturated rings. The van der Waals surface area contributed by atoms with Crippen LogP contribution >= 0.6 is 0 Å². The lowest BCUT2D eigenvalue weighted by atomic mass is 10.2. The number of hydrogen-bond donors (Lipinski definition) is 0. The van der Waals surface area contributed by atoms with Gasteiger partial charge in [-0.05, 0) is 30.5 Å². The molecule has 0 amide bonds. The molecule has 0 saturated heterocycles. The quantitative estimate of drug-likeness (QED) is 0.728. The van der Waals surface area contributed by atoms with E-state index in [2.05, 4.69) is 29.8 Å². The molecule has 0 aromatic carbocycles. The number of nitrogens with zero attached hydrogens (tertiary/aromatic N) is 2. The van der Waals surface area contributed by atoms with Gasteiger partial charge < -0.3 is 0 Å². The minimum Gasteiger partial charge on any atom is -0.292 e. The van der Waals surface area contributed by atoms with E-state index in [1.54, 1.807) is 0 Å². The minimum absolute atomic E-state index is 0.701. The lowest BCUT2D eigenvalue weighted by molar-refractivity contribution is 0.202. The van der Waals surface area contributed by atoms with Crippen LogP contribution in [0.4, 0.5) is 0 Å². The topological polar surface area (TPSA) is 16.1 Å². The van der Waals surface area contributed by atoms with E-state index >= 15 is 0 Å². The molecule has 2 rings (SSSR count). The maximum atomic E-state index is 4.17. The Hall–Kier alpha value is -0.890. The standard InChI is InChI=1S/C12H18N2/c1-3-4-10(2)14-8-11-5-6-13-7-12(11)9-14/h5-7,10H,3-4,8-9H2,1-2H3. The van der Waals surface area contributed by atoms with E-state index < -0.39 is 0 Å². The summed E-state index contributed by atoms with van der Waals surface area (Å²) in [4.78, 5) is 6.71. The molecule has 76 valence electrons. The van der Waals surface area contributed by atoms with E-state index in [1.165, 1.54) is 24.0 Å². The third-order valence-corrected chi connectivity index (χ3v) is 3.08. The Morgan fingerprint density at radius 3 is 2.93 bits per heavy atom. The molecule has 1 aromatic rings. The van der Waals surface area contributed by atoms with Gasteiger partial charge in [0.2, 0.25) is 0 Å². The van der Waals surface area contributed by atoms with Crippen molar-refractivity contribution < 1.29 is 0 Å². The van der Waals surface area contributed by atoms with Crippen LogP contribution in [0.5, 0.6) is 0 Å². The second-order valence-electron chi connectivity index (χ2n) is 4.19. The van der Waals surface area contributed by atoms with E-state index in [0.717, 1.165) is 13.1 Å². The first-order chi connectivity index (χ1) is 6.81. The second-order valence-corrected chi connectivity index (χ2v) is 4.19. The highest BCUT2D eigenvalue weighted by Crippen LogP contribution is 2.24. The summed E-state index contributed by atoms with van der Waals surface area (Å²) in [5.41, 5.74) is 2.87. The Labute approximate surface area is 86.0 Å². The fourth-order valence-electron chi connectivity index (χ4n) is 2.16. The molecule has 0 bridgehead atoms. The van der Waals surface area contributed by atoms with Gasteiger partial charge in [0.1, 0.15) is 0 Å². The molecule has 1 atom stereocenters. The van der Waals surface area contributed by atoms with Crippen molar-refractivity contribution in [1.29, 1.82) is 0 Å². The summed E-state index contributed by atoms with van der Waals surface area (Å²) in [5.74, 6) is 0. The molecule has 1 aromatic heterocycles. The maximum Gasteiger partial charge on any atom is 0.0316 e. The van der Waals surface area contributed by atoms with Crippen molar-refractivity contribution >= 4 is 0 Å². The predicted molar refractivity (Wildman–Crippen MR) is 57.9 cm³/mol. The van der Waals surface area contributed by atoms with Gasteiger partial charge in [-0.1, -0.05) is 13.3 Å². The lowest BCUT2D eigenvalue weighted by Crippen LogP contribution is -2.27. The highest BCUT2D eigenvalue weighted by molar-refractivity contribution is 5.26. The average Bonchev–Trinajstić information content (AvgIpc) is 2.61. The first-order valence-electron chi connectivity index (χ1n) is 5.47. The molecule has 14 heavy (non-hydrogen) atoms. The first kappa shape index (κ1) is 9.66.